The second-order valence-electron chi connectivity index (χ2n) is 7.97. The largest absolute Gasteiger partial charge is 0.336 e. The van der Waals surface area contributed by atoms with E-state index >= 15 is 0 Å². The highest BCUT2D eigenvalue weighted by Crippen LogP contribution is 2.27. The molecule has 0 aromatic carbocycles. The molecule has 1 aliphatic carbocycles. The molecule has 0 radical (unpaired) electrons. The Balaban J connectivity index is 1.61. The summed E-state index contributed by atoms with van der Waals surface area (Å²) in [5.74, 6) is 0.939. The van der Waals surface area contributed by atoms with E-state index in [1.165, 1.54) is 58.0 Å². The molecule has 2 aliphatic rings. The topological polar surface area (TPSA) is 41.4 Å². The van der Waals surface area contributed by atoms with Crippen molar-refractivity contribution in [2.75, 3.05) is 26.2 Å². The van der Waals surface area contributed by atoms with Crippen LogP contribution in [-0.2, 0) is 18.4 Å². The van der Waals surface area contributed by atoms with Gasteiger partial charge in [0.15, 0.2) is 0 Å². The van der Waals surface area contributed by atoms with Crippen LogP contribution >= 0.6 is 0 Å². The molecular formula is C20H34N4O. The second kappa shape index (κ2) is 8.84. The molecule has 0 spiro atoms. The van der Waals surface area contributed by atoms with Crippen LogP contribution in [0.25, 0.3) is 0 Å². The van der Waals surface area contributed by atoms with E-state index in [-0.39, 0.29) is 0 Å². The summed E-state index contributed by atoms with van der Waals surface area (Å²) in [4.78, 5) is 17.6. The van der Waals surface area contributed by atoms with Gasteiger partial charge in [-0.15, -0.1) is 0 Å². The van der Waals surface area contributed by atoms with Gasteiger partial charge in [0.05, 0.1) is 17.9 Å². The summed E-state index contributed by atoms with van der Waals surface area (Å²) in [6.45, 7) is 6.94. The van der Waals surface area contributed by atoms with E-state index in [1.807, 2.05) is 18.7 Å². The first kappa shape index (κ1) is 18.4. The van der Waals surface area contributed by atoms with Crippen molar-refractivity contribution in [1.82, 2.24) is 19.6 Å². The Morgan fingerprint density at radius 2 is 1.92 bits per heavy atom. The smallest absolute Gasteiger partial charge is 0.223 e. The van der Waals surface area contributed by atoms with Gasteiger partial charge in [-0.05, 0) is 57.7 Å². The van der Waals surface area contributed by atoms with Crippen LogP contribution < -0.4 is 0 Å². The highest BCUT2D eigenvalue weighted by atomic mass is 16.2. The molecule has 5 heteroatoms. The standard InChI is InChI=1S/C20H34N4O/c1-17-14-19(22(2)21-17)16-24(13-12-23-10-6-7-11-23)20(25)15-18-8-4-3-5-9-18/h14,18H,3-13,15-16H2,1-2H3. The van der Waals surface area contributed by atoms with Crippen LogP contribution in [0.5, 0.6) is 0 Å². The summed E-state index contributed by atoms with van der Waals surface area (Å²) in [5.41, 5.74) is 2.16. The number of amides is 1. The molecule has 1 aliphatic heterocycles. The Hall–Kier alpha value is -1.36. The molecule has 1 aromatic rings. The summed E-state index contributed by atoms with van der Waals surface area (Å²) >= 11 is 0. The normalized spacial score (nSPS) is 19.4. The molecular weight excluding hydrogens is 312 g/mol. The maximum Gasteiger partial charge on any atom is 0.223 e. The van der Waals surface area contributed by atoms with Crippen molar-refractivity contribution < 1.29 is 4.79 Å². The first-order chi connectivity index (χ1) is 12.1. The van der Waals surface area contributed by atoms with Gasteiger partial charge in [0.25, 0.3) is 0 Å². The minimum Gasteiger partial charge on any atom is -0.336 e. The second-order valence-corrected chi connectivity index (χ2v) is 7.97. The van der Waals surface area contributed by atoms with E-state index in [0.717, 1.165) is 30.9 Å². The predicted octanol–water partition coefficient (Wildman–Crippen LogP) is 3.12. The molecule has 0 atom stereocenters. The summed E-state index contributed by atoms with van der Waals surface area (Å²) in [6.07, 6.45) is 9.74. The third-order valence-corrected chi connectivity index (χ3v) is 5.88. The third-order valence-electron chi connectivity index (χ3n) is 5.88. The quantitative estimate of drug-likeness (QED) is 0.762. The number of aromatic nitrogens is 2. The van der Waals surface area contributed by atoms with E-state index < -0.39 is 0 Å². The zero-order chi connectivity index (χ0) is 17.6. The van der Waals surface area contributed by atoms with Crippen LogP contribution in [-0.4, -0.2) is 51.7 Å². The Morgan fingerprint density at radius 3 is 2.56 bits per heavy atom. The van der Waals surface area contributed by atoms with Gasteiger partial charge in [-0.2, -0.15) is 5.10 Å². The van der Waals surface area contributed by atoms with Gasteiger partial charge in [0.1, 0.15) is 0 Å². The lowest BCUT2D eigenvalue weighted by Gasteiger charge is -2.28. The molecule has 0 bridgehead atoms. The van der Waals surface area contributed by atoms with Crippen molar-refractivity contribution in [3.8, 4) is 0 Å². The average Bonchev–Trinajstić information content (AvgIpc) is 3.22. The minimum absolute atomic E-state index is 0.338. The fourth-order valence-corrected chi connectivity index (χ4v) is 4.34. The molecule has 1 saturated heterocycles. The monoisotopic (exact) mass is 346 g/mol. The Bertz CT molecular complexity index is 556. The Kier molecular flexibility index (Phi) is 6.51. The molecule has 0 N–H and O–H groups in total. The number of hydrogen-bond acceptors (Lipinski definition) is 3. The van der Waals surface area contributed by atoms with Gasteiger partial charge in [0.2, 0.25) is 5.91 Å². The zero-order valence-corrected chi connectivity index (χ0v) is 16.0. The molecule has 25 heavy (non-hydrogen) atoms. The van der Waals surface area contributed by atoms with Gasteiger partial charge in [-0.1, -0.05) is 19.3 Å². The molecule has 3 rings (SSSR count). The molecule has 1 aromatic heterocycles. The molecule has 5 nitrogen and oxygen atoms in total. The van der Waals surface area contributed by atoms with Crippen LogP contribution in [0.3, 0.4) is 0 Å². The Labute approximate surface area is 152 Å². The fraction of sp³-hybridized carbons (Fsp3) is 0.800. The van der Waals surface area contributed by atoms with Gasteiger partial charge in [-0.25, -0.2) is 0 Å². The van der Waals surface area contributed by atoms with Crippen molar-refractivity contribution in [2.24, 2.45) is 13.0 Å². The minimum atomic E-state index is 0.338. The SMILES string of the molecule is Cc1cc(CN(CCN2CCCC2)C(=O)CC2CCCCC2)n(C)n1. The van der Waals surface area contributed by atoms with E-state index in [4.69, 9.17) is 0 Å². The summed E-state index contributed by atoms with van der Waals surface area (Å²) in [6, 6.07) is 2.11. The number of carbonyl (C=O) groups excluding carboxylic acids is 1. The highest BCUT2D eigenvalue weighted by molar-refractivity contribution is 5.76. The Morgan fingerprint density at radius 1 is 1.20 bits per heavy atom. The summed E-state index contributed by atoms with van der Waals surface area (Å²) < 4.78 is 1.92. The van der Waals surface area contributed by atoms with Crippen molar-refractivity contribution >= 4 is 5.91 Å². The van der Waals surface area contributed by atoms with E-state index in [9.17, 15) is 4.79 Å². The zero-order valence-electron chi connectivity index (χ0n) is 16.0. The van der Waals surface area contributed by atoms with Gasteiger partial charge in [0, 0.05) is 26.6 Å². The van der Waals surface area contributed by atoms with Crippen LogP contribution in [0.4, 0.5) is 0 Å². The average molecular weight is 347 g/mol. The van der Waals surface area contributed by atoms with Gasteiger partial charge < -0.3 is 9.80 Å². The molecule has 2 heterocycles. The van der Waals surface area contributed by atoms with Crippen molar-refractivity contribution in [3.05, 3.63) is 17.5 Å². The summed E-state index contributed by atoms with van der Waals surface area (Å²) in [5, 5.41) is 4.44. The lowest BCUT2D eigenvalue weighted by Crippen LogP contribution is -2.38. The van der Waals surface area contributed by atoms with Crippen molar-refractivity contribution in [3.63, 3.8) is 0 Å². The molecule has 2 fully saturated rings. The number of aryl methyl sites for hydroxylation is 2. The van der Waals surface area contributed by atoms with Crippen LogP contribution in [0, 0.1) is 12.8 Å². The van der Waals surface area contributed by atoms with Crippen LogP contribution in [0.2, 0.25) is 0 Å². The van der Waals surface area contributed by atoms with E-state index in [1.54, 1.807) is 0 Å². The summed E-state index contributed by atoms with van der Waals surface area (Å²) in [7, 11) is 1.98. The molecule has 0 unspecified atom stereocenters. The predicted molar refractivity (Wildman–Crippen MR) is 100 cm³/mol. The van der Waals surface area contributed by atoms with E-state index in [2.05, 4.69) is 21.0 Å². The van der Waals surface area contributed by atoms with Crippen molar-refractivity contribution in [1.29, 1.82) is 0 Å². The third kappa shape index (κ3) is 5.30. The number of rotatable bonds is 7. The van der Waals surface area contributed by atoms with Crippen molar-refractivity contribution in [2.45, 2.75) is 64.8 Å². The van der Waals surface area contributed by atoms with Crippen LogP contribution in [0.1, 0.15) is 62.8 Å². The molecule has 140 valence electrons. The fourth-order valence-electron chi connectivity index (χ4n) is 4.34. The number of likely N-dealkylation sites (tertiary alicyclic amines) is 1. The lowest BCUT2D eigenvalue weighted by molar-refractivity contribution is -0.133. The first-order valence-corrected chi connectivity index (χ1v) is 10.1. The number of nitrogens with zero attached hydrogens (tertiary/aromatic N) is 4. The first-order valence-electron chi connectivity index (χ1n) is 10.1. The van der Waals surface area contributed by atoms with Gasteiger partial charge in [-0.3, -0.25) is 9.48 Å². The lowest BCUT2D eigenvalue weighted by atomic mass is 9.86. The number of hydrogen-bond donors (Lipinski definition) is 0. The van der Waals surface area contributed by atoms with Gasteiger partial charge >= 0.3 is 0 Å². The highest BCUT2D eigenvalue weighted by Gasteiger charge is 2.23. The number of carbonyl (C=O) groups is 1. The molecule has 1 amide bonds. The maximum absolute atomic E-state index is 13.0. The maximum atomic E-state index is 13.0. The molecule has 1 saturated carbocycles. The van der Waals surface area contributed by atoms with E-state index in [0.29, 0.717) is 18.4 Å². The van der Waals surface area contributed by atoms with Crippen LogP contribution in [0.15, 0.2) is 6.07 Å².